The van der Waals surface area contributed by atoms with Crippen molar-refractivity contribution in [1.29, 1.82) is 0 Å². The van der Waals surface area contributed by atoms with Crippen LogP contribution in [-0.2, 0) is 90.9 Å². The third-order valence-corrected chi connectivity index (χ3v) is 8.18. The Kier molecular flexibility index (Phi) is 19.0. The molecule has 0 fully saturated rings. The molecule has 0 bridgehead atoms. The van der Waals surface area contributed by atoms with E-state index < -0.39 is 0 Å². The first kappa shape index (κ1) is 47.0. The molecule has 0 saturated carbocycles. The average Bonchev–Trinajstić information content (AvgIpc) is 3.56. The first-order valence-corrected chi connectivity index (χ1v) is 16.3. The number of rotatable bonds is 5. The number of hydrogen-bond donors (Lipinski definition) is 0. The molecule has 2 heterocycles. The van der Waals surface area contributed by atoms with Gasteiger partial charge < -0.3 is 33.6 Å². The molecule has 0 aliphatic heterocycles. The van der Waals surface area contributed by atoms with E-state index in [2.05, 4.69) is 97.1 Å². The smallest absolute Gasteiger partial charge is 0.374 e. The summed E-state index contributed by atoms with van der Waals surface area (Å²) < 4.78 is 2.16. The van der Waals surface area contributed by atoms with Crippen LogP contribution < -0.4 is 0 Å². The van der Waals surface area contributed by atoms with Crippen molar-refractivity contribution >= 4 is 19.4 Å². The van der Waals surface area contributed by atoms with Gasteiger partial charge in [-0.15, -0.1) is 42.0 Å². The largest absolute Gasteiger partial charge is 3.00 e. The summed E-state index contributed by atoms with van der Waals surface area (Å²) >= 11 is 0. The van der Waals surface area contributed by atoms with Gasteiger partial charge in [-0.1, -0.05) is 57.2 Å². The van der Waals surface area contributed by atoms with Crippen molar-refractivity contribution in [3.8, 4) is 50.6 Å². The molecule has 6 aromatic carbocycles. The summed E-state index contributed by atoms with van der Waals surface area (Å²) in [5.74, 6) is 0.809. The number of benzene rings is 6. The van der Waals surface area contributed by atoms with Crippen molar-refractivity contribution in [1.82, 2.24) is 14.5 Å². The maximum atomic E-state index is 4.93. The fraction of sp³-hybridized carbons (Fsp3) is 0.0851. The standard InChI is InChI=1S/C31H17N2.C15H16N.CH3.B.Ir.2Y/c1-3-10-23(11-4-1)24-18-20-25(21-19-24)26-12-9-13-27(22-26)31-32-29-16-7-8-17-30(29)33(31)28-14-5-2-6-15-28;1-15(2,3)13-9-10-16-14(11-13)12-7-5-4-6-8-12;;;;;/h1-10,12,14-18,21H;4-7,9-11H,1-3H3;1H3;;;;/q-5;2*-1;;;;+3. The first-order chi connectivity index (χ1) is 23.9. The Balaban J connectivity index is 0.000000414. The molecule has 54 heavy (non-hydrogen) atoms. The molecule has 0 unspecified atom stereocenters. The van der Waals surface area contributed by atoms with Crippen molar-refractivity contribution in [3.63, 3.8) is 0 Å². The number of fused-ring (bicyclic) bond motifs is 1. The van der Waals surface area contributed by atoms with Crippen LogP contribution in [0.4, 0.5) is 0 Å². The molecule has 0 atom stereocenters. The zero-order valence-electron chi connectivity index (χ0n) is 30.8. The molecule has 7 heteroatoms. The van der Waals surface area contributed by atoms with E-state index in [0.29, 0.717) is 0 Å². The van der Waals surface area contributed by atoms with Crippen LogP contribution in [0.3, 0.4) is 0 Å². The van der Waals surface area contributed by atoms with Gasteiger partial charge in [-0.05, 0) is 52.8 Å². The molecule has 0 N–H and O–H groups in total. The Morgan fingerprint density at radius 1 is 0.611 bits per heavy atom. The van der Waals surface area contributed by atoms with Gasteiger partial charge in [0.15, 0.2) is 0 Å². The number of para-hydroxylation sites is 3. The van der Waals surface area contributed by atoms with Gasteiger partial charge in [0, 0.05) is 73.1 Å². The van der Waals surface area contributed by atoms with Crippen LogP contribution in [0.15, 0.2) is 146 Å². The number of nitrogens with zero attached hydrogens (tertiary/aromatic N) is 3. The van der Waals surface area contributed by atoms with Gasteiger partial charge in [0.05, 0.1) is 11.0 Å². The second-order valence-electron chi connectivity index (χ2n) is 12.6. The molecule has 2 aromatic heterocycles. The predicted octanol–water partition coefficient (Wildman–Crippen LogP) is 10.9. The van der Waals surface area contributed by atoms with E-state index in [9.17, 15) is 0 Å². The Morgan fingerprint density at radius 2 is 1.22 bits per heavy atom. The van der Waals surface area contributed by atoms with E-state index in [-0.39, 0.29) is 107 Å². The molecule has 0 spiro atoms. The van der Waals surface area contributed by atoms with Crippen molar-refractivity contribution in [2.45, 2.75) is 26.2 Å². The molecule has 261 valence electrons. The summed E-state index contributed by atoms with van der Waals surface area (Å²) in [5, 5.41) is 0. The number of imidazole rings is 1. The van der Waals surface area contributed by atoms with Gasteiger partial charge in [-0.25, -0.2) is 41.5 Å². The number of hydrogen-bond acceptors (Lipinski definition) is 2. The third kappa shape index (κ3) is 11.2. The topological polar surface area (TPSA) is 30.7 Å². The molecule has 0 saturated heterocycles. The van der Waals surface area contributed by atoms with Crippen LogP contribution in [0, 0.1) is 43.8 Å². The van der Waals surface area contributed by atoms with E-state index in [1.54, 1.807) is 0 Å². The van der Waals surface area contributed by atoms with Gasteiger partial charge in [0.2, 0.25) is 0 Å². The van der Waals surface area contributed by atoms with E-state index in [1.807, 2.05) is 115 Å². The monoisotopic (exact) mass is 1020 g/mol. The van der Waals surface area contributed by atoms with E-state index >= 15 is 0 Å². The summed E-state index contributed by atoms with van der Waals surface area (Å²) in [5.41, 5.74) is 11.2. The summed E-state index contributed by atoms with van der Waals surface area (Å²) in [7, 11) is 0. The van der Waals surface area contributed by atoms with Crippen LogP contribution in [0.2, 0.25) is 0 Å². The molecule has 0 amide bonds. The molecule has 0 aliphatic rings. The summed E-state index contributed by atoms with van der Waals surface area (Å²) in [6.07, 6.45) is 1.87. The van der Waals surface area contributed by atoms with E-state index in [0.717, 1.165) is 61.6 Å². The van der Waals surface area contributed by atoms with Gasteiger partial charge in [-0.3, -0.25) is 23.3 Å². The minimum Gasteiger partial charge on any atom is -0.374 e. The maximum Gasteiger partial charge on any atom is 3.00 e. The summed E-state index contributed by atoms with van der Waals surface area (Å²) in [4.78, 5) is 9.32. The third-order valence-electron chi connectivity index (χ3n) is 8.18. The zero-order valence-corrected chi connectivity index (χ0v) is 38.8. The Labute approximate surface area is 387 Å². The second kappa shape index (κ2) is 21.8. The van der Waals surface area contributed by atoms with Gasteiger partial charge in [0.1, 0.15) is 0 Å². The van der Waals surface area contributed by atoms with Crippen molar-refractivity contribution in [2.75, 3.05) is 0 Å². The Hall–Kier alpha value is -3.14. The second-order valence-corrected chi connectivity index (χ2v) is 12.6. The summed E-state index contributed by atoms with van der Waals surface area (Å²) in [6.45, 7) is 6.63. The molecule has 8 aromatic rings. The molecule has 5 radical (unpaired) electrons. The fourth-order valence-electron chi connectivity index (χ4n) is 5.58. The first-order valence-electron chi connectivity index (χ1n) is 16.3. The zero-order chi connectivity index (χ0) is 33.6. The van der Waals surface area contributed by atoms with Crippen LogP contribution in [0.1, 0.15) is 26.3 Å². The van der Waals surface area contributed by atoms with Crippen molar-refractivity contribution in [3.05, 3.63) is 195 Å². The van der Waals surface area contributed by atoms with Crippen LogP contribution >= 0.6 is 0 Å². The maximum absolute atomic E-state index is 4.93. The van der Waals surface area contributed by atoms with Crippen LogP contribution in [0.25, 0.3) is 61.6 Å². The Morgan fingerprint density at radius 3 is 1.85 bits per heavy atom. The van der Waals surface area contributed by atoms with Crippen LogP contribution in [0.5, 0.6) is 0 Å². The average molecular weight is 1020 g/mol. The molecule has 3 nitrogen and oxygen atoms in total. The number of pyridine rings is 1. The molecular formula is C47H36BIrN3Y2-4. The van der Waals surface area contributed by atoms with Crippen LogP contribution in [-0.4, -0.2) is 22.9 Å². The molecule has 0 aliphatic carbocycles. The van der Waals surface area contributed by atoms with Gasteiger partial charge in [0.25, 0.3) is 0 Å². The molecule has 8 rings (SSSR count). The normalized spacial score (nSPS) is 10.1. The number of aromatic nitrogens is 3. The minimum atomic E-state index is 0. The summed E-state index contributed by atoms with van der Waals surface area (Å²) in [6, 6.07) is 66.3. The minimum absolute atomic E-state index is 0. The van der Waals surface area contributed by atoms with Crippen molar-refractivity contribution < 1.29 is 85.5 Å². The molecular weight excluding hydrogens is 987 g/mol. The van der Waals surface area contributed by atoms with Gasteiger partial charge in [-0.2, -0.15) is 24.3 Å². The van der Waals surface area contributed by atoms with E-state index in [1.165, 1.54) is 5.56 Å². The van der Waals surface area contributed by atoms with Crippen molar-refractivity contribution in [2.24, 2.45) is 0 Å². The Bertz CT molecular complexity index is 2310. The quantitative estimate of drug-likeness (QED) is 0.127. The fourth-order valence-corrected chi connectivity index (χ4v) is 5.58. The predicted molar refractivity (Wildman–Crippen MR) is 211 cm³/mol. The SMILES string of the molecule is CC(C)(C)c1ccnc(-c2[c-]cccc2)c1.[B].[CH3-].[Ir].[Y+3].[Y].[c-]1ccc(-c2[c-]cc(-c3[c-]cccc3)[c-]c2)[c-]c1-c1nc2ccccc2n1-c1ccccc1. The van der Waals surface area contributed by atoms with Gasteiger partial charge >= 0.3 is 32.7 Å². The van der Waals surface area contributed by atoms with E-state index in [4.69, 9.17) is 4.98 Å².